The van der Waals surface area contributed by atoms with Gasteiger partial charge >= 0.3 is 5.97 Å². The summed E-state index contributed by atoms with van der Waals surface area (Å²) in [6.45, 7) is -0.0622. The monoisotopic (exact) mass is 345 g/mol. The van der Waals surface area contributed by atoms with Crippen molar-refractivity contribution in [1.82, 2.24) is 0 Å². The Balaban J connectivity index is 2.64. The average Bonchev–Trinajstić information content (AvgIpc) is 2.61. The van der Waals surface area contributed by atoms with E-state index in [9.17, 15) is 20.2 Å². The van der Waals surface area contributed by atoms with Gasteiger partial charge < -0.3 is 19.9 Å². The van der Waals surface area contributed by atoms with E-state index in [2.05, 4.69) is 0 Å². The van der Waals surface area contributed by atoms with Gasteiger partial charge in [0, 0.05) is 19.2 Å². The van der Waals surface area contributed by atoms with E-state index in [0.29, 0.717) is 5.56 Å². The van der Waals surface area contributed by atoms with Crippen LogP contribution in [0.3, 0.4) is 0 Å². The molecular weight excluding hydrogens is 330 g/mol. The van der Waals surface area contributed by atoms with Gasteiger partial charge in [0.2, 0.25) is 5.88 Å². The number of ether oxygens (including phenoxy) is 3. The lowest BCUT2D eigenvalue weighted by atomic mass is 9.83. The van der Waals surface area contributed by atoms with Crippen molar-refractivity contribution in [2.24, 2.45) is 5.73 Å². The number of allylic oxidation sites excluding steroid dienone is 1. The number of rotatable bonds is 5. The van der Waals surface area contributed by atoms with Gasteiger partial charge in [-0.25, -0.2) is 4.79 Å². The Morgan fingerprint density at radius 3 is 2.52 bits per heavy atom. The largest absolute Gasteiger partial charge is 0.466 e. The lowest BCUT2D eigenvalue weighted by molar-refractivity contribution is -0.384. The minimum Gasteiger partial charge on any atom is -0.466 e. The first-order valence-corrected chi connectivity index (χ1v) is 7.06. The molecule has 0 bridgehead atoms. The van der Waals surface area contributed by atoms with E-state index in [1.165, 1.54) is 38.5 Å². The van der Waals surface area contributed by atoms with Gasteiger partial charge in [0.15, 0.2) is 0 Å². The molecule has 130 valence electrons. The maximum atomic E-state index is 12.3. The summed E-state index contributed by atoms with van der Waals surface area (Å²) in [5.74, 6) is -1.63. The Morgan fingerprint density at radius 2 is 2.04 bits per heavy atom. The number of carbonyl (C=O) groups excluding carboxylic acids is 1. The van der Waals surface area contributed by atoms with Crippen LogP contribution >= 0.6 is 0 Å². The van der Waals surface area contributed by atoms with Crippen LogP contribution in [0.2, 0.25) is 0 Å². The minimum absolute atomic E-state index is 0.00843. The normalized spacial score (nSPS) is 16.9. The zero-order valence-corrected chi connectivity index (χ0v) is 13.5. The number of nitro benzene ring substituents is 1. The fourth-order valence-corrected chi connectivity index (χ4v) is 2.51. The molecule has 2 rings (SSSR count). The van der Waals surface area contributed by atoms with Crippen molar-refractivity contribution < 1.29 is 23.9 Å². The number of benzene rings is 1. The first kappa shape index (κ1) is 18.0. The third-order valence-corrected chi connectivity index (χ3v) is 3.61. The molecule has 2 N–H and O–H groups in total. The first-order chi connectivity index (χ1) is 11.9. The van der Waals surface area contributed by atoms with Crippen molar-refractivity contribution in [2.45, 2.75) is 5.92 Å². The van der Waals surface area contributed by atoms with Crippen LogP contribution in [-0.4, -0.2) is 31.7 Å². The highest BCUT2D eigenvalue weighted by Gasteiger charge is 2.37. The number of carbonyl (C=O) groups is 1. The molecule has 1 atom stereocenters. The Kier molecular flexibility index (Phi) is 5.36. The van der Waals surface area contributed by atoms with E-state index in [1.807, 2.05) is 6.07 Å². The molecular formula is C16H15N3O6. The molecule has 1 heterocycles. The maximum Gasteiger partial charge on any atom is 0.338 e. The highest BCUT2D eigenvalue weighted by molar-refractivity contribution is 5.92. The maximum absolute atomic E-state index is 12.3. The molecule has 0 unspecified atom stereocenters. The Morgan fingerprint density at radius 1 is 1.40 bits per heavy atom. The number of esters is 1. The summed E-state index contributed by atoms with van der Waals surface area (Å²) in [7, 11) is 2.60. The van der Waals surface area contributed by atoms with E-state index in [1.54, 1.807) is 0 Å². The second kappa shape index (κ2) is 7.46. The molecule has 0 saturated carbocycles. The molecule has 0 aliphatic carbocycles. The van der Waals surface area contributed by atoms with Crippen molar-refractivity contribution in [3.63, 3.8) is 0 Å². The predicted octanol–water partition coefficient (Wildman–Crippen LogP) is 1.48. The number of nitriles is 1. The minimum atomic E-state index is -0.878. The summed E-state index contributed by atoms with van der Waals surface area (Å²) in [5.41, 5.74) is 6.21. The van der Waals surface area contributed by atoms with Crippen LogP contribution in [0, 0.1) is 21.4 Å². The standard InChI is InChI=1S/C16H15N3O6/c1-23-8-12-14(16(20)24-2)13(11(7-17)15(18)25-12)9-3-5-10(6-4-9)19(21)22/h3-6,13H,8,18H2,1-2H3/t13-/m0/s1. The van der Waals surface area contributed by atoms with E-state index < -0.39 is 16.8 Å². The Hall–Kier alpha value is -3.38. The van der Waals surface area contributed by atoms with Crippen molar-refractivity contribution in [1.29, 1.82) is 5.26 Å². The van der Waals surface area contributed by atoms with Gasteiger partial charge in [0.05, 0.1) is 23.5 Å². The topological polar surface area (TPSA) is 138 Å². The van der Waals surface area contributed by atoms with Gasteiger partial charge in [-0.3, -0.25) is 10.1 Å². The number of hydrogen-bond acceptors (Lipinski definition) is 8. The molecule has 0 aromatic heterocycles. The van der Waals surface area contributed by atoms with Crippen LogP contribution in [0.15, 0.2) is 47.1 Å². The zero-order valence-electron chi connectivity index (χ0n) is 13.5. The predicted molar refractivity (Wildman–Crippen MR) is 84.7 cm³/mol. The van der Waals surface area contributed by atoms with Gasteiger partial charge in [-0.1, -0.05) is 12.1 Å². The summed E-state index contributed by atoms with van der Waals surface area (Å²) in [6.07, 6.45) is 0. The molecule has 0 amide bonds. The Bertz CT molecular complexity index is 804. The van der Waals surface area contributed by atoms with Gasteiger partial charge in [-0.05, 0) is 5.56 Å². The van der Waals surface area contributed by atoms with E-state index in [0.717, 1.165) is 0 Å². The van der Waals surface area contributed by atoms with Crippen LogP contribution in [0.1, 0.15) is 11.5 Å². The van der Waals surface area contributed by atoms with Gasteiger partial charge in [0.25, 0.3) is 5.69 Å². The third kappa shape index (κ3) is 3.44. The summed E-state index contributed by atoms with van der Waals surface area (Å²) < 4.78 is 15.2. The number of hydrogen-bond donors (Lipinski definition) is 1. The lowest BCUT2D eigenvalue weighted by Gasteiger charge is -2.27. The fraction of sp³-hybridized carbons (Fsp3) is 0.250. The second-order valence-electron chi connectivity index (χ2n) is 5.03. The molecule has 1 aliphatic rings. The van der Waals surface area contributed by atoms with Gasteiger partial charge in [-0.15, -0.1) is 0 Å². The number of nitrogens with two attached hydrogens (primary N) is 1. The fourth-order valence-electron chi connectivity index (χ4n) is 2.51. The molecule has 1 aromatic carbocycles. The zero-order chi connectivity index (χ0) is 18.6. The molecule has 0 radical (unpaired) electrons. The van der Waals surface area contributed by atoms with E-state index in [4.69, 9.17) is 19.9 Å². The van der Waals surface area contributed by atoms with E-state index in [-0.39, 0.29) is 35.1 Å². The van der Waals surface area contributed by atoms with Crippen LogP contribution in [0.5, 0.6) is 0 Å². The van der Waals surface area contributed by atoms with Crippen LogP contribution in [0.4, 0.5) is 5.69 Å². The summed E-state index contributed by atoms with van der Waals surface area (Å²) >= 11 is 0. The molecule has 9 heteroatoms. The second-order valence-corrected chi connectivity index (χ2v) is 5.03. The summed E-state index contributed by atoms with van der Waals surface area (Å²) in [6, 6.07) is 7.38. The first-order valence-electron chi connectivity index (χ1n) is 7.06. The highest BCUT2D eigenvalue weighted by atomic mass is 16.6. The molecule has 0 fully saturated rings. The van der Waals surface area contributed by atoms with Gasteiger partial charge in [0.1, 0.15) is 24.0 Å². The molecule has 0 saturated heterocycles. The smallest absolute Gasteiger partial charge is 0.338 e. The van der Waals surface area contributed by atoms with Crippen molar-refractivity contribution in [3.8, 4) is 6.07 Å². The van der Waals surface area contributed by atoms with E-state index >= 15 is 0 Å². The number of nitro groups is 1. The Labute approximate surface area is 143 Å². The number of methoxy groups -OCH3 is 2. The van der Waals surface area contributed by atoms with Crippen LogP contribution in [-0.2, 0) is 19.0 Å². The van der Waals surface area contributed by atoms with Crippen molar-refractivity contribution in [3.05, 3.63) is 62.7 Å². The number of non-ortho nitro benzene ring substituents is 1. The highest BCUT2D eigenvalue weighted by Crippen LogP contribution is 2.40. The quantitative estimate of drug-likeness (QED) is 0.481. The van der Waals surface area contributed by atoms with Crippen molar-refractivity contribution >= 4 is 11.7 Å². The van der Waals surface area contributed by atoms with Crippen molar-refractivity contribution in [2.75, 3.05) is 20.8 Å². The number of nitrogens with zero attached hydrogens (tertiary/aromatic N) is 2. The molecule has 25 heavy (non-hydrogen) atoms. The SMILES string of the molecule is COCC1=C(C(=O)OC)[C@@H](c2ccc([N+](=O)[O-])cc2)C(C#N)=C(N)O1. The van der Waals surface area contributed by atoms with Crippen LogP contribution < -0.4 is 5.73 Å². The molecule has 1 aromatic rings. The lowest BCUT2D eigenvalue weighted by Crippen LogP contribution is -2.27. The van der Waals surface area contributed by atoms with Gasteiger partial charge in [-0.2, -0.15) is 5.26 Å². The molecule has 0 spiro atoms. The summed E-state index contributed by atoms with van der Waals surface area (Å²) in [5, 5.41) is 20.3. The molecule has 1 aliphatic heterocycles. The summed E-state index contributed by atoms with van der Waals surface area (Å²) in [4.78, 5) is 22.6. The van der Waals surface area contributed by atoms with Crippen LogP contribution in [0.25, 0.3) is 0 Å². The average molecular weight is 345 g/mol. The third-order valence-electron chi connectivity index (χ3n) is 3.61. The molecule has 9 nitrogen and oxygen atoms in total.